The van der Waals surface area contributed by atoms with Crippen molar-refractivity contribution in [2.75, 3.05) is 13.1 Å². The average Bonchev–Trinajstić information content (AvgIpc) is 2.94. The molecule has 1 saturated heterocycles. The van der Waals surface area contributed by atoms with Crippen molar-refractivity contribution in [2.45, 2.75) is 33.0 Å². The quantitative estimate of drug-likeness (QED) is 0.881. The maximum absolute atomic E-state index is 12.2. The number of aromatic nitrogens is 1. The SMILES string of the molecule is Cc1ccc(CNC(=O)N[C@H]2CN(Cc3ccccc3)C[C@H]2C)cn1. The molecule has 2 N–H and O–H groups in total. The van der Waals surface area contributed by atoms with Gasteiger partial charge in [-0.25, -0.2) is 4.79 Å². The van der Waals surface area contributed by atoms with Crippen LogP contribution in [-0.2, 0) is 13.1 Å². The van der Waals surface area contributed by atoms with E-state index in [1.165, 1.54) is 5.56 Å². The van der Waals surface area contributed by atoms with Gasteiger partial charge >= 0.3 is 6.03 Å². The van der Waals surface area contributed by atoms with Gasteiger partial charge in [0.25, 0.3) is 0 Å². The Bertz CT molecular complexity index is 687. The Labute approximate surface area is 149 Å². The van der Waals surface area contributed by atoms with Gasteiger partial charge in [-0.05, 0) is 30.0 Å². The van der Waals surface area contributed by atoms with Crippen molar-refractivity contribution in [2.24, 2.45) is 5.92 Å². The van der Waals surface area contributed by atoms with Gasteiger partial charge in [0.1, 0.15) is 0 Å². The Morgan fingerprint density at radius 3 is 2.68 bits per heavy atom. The Balaban J connectivity index is 1.45. The summed E-state index contributed by atoms with van der Waals surface area (Å²) in [7, 11) is 0. The molecule has 2 atom stereocenters. The van der Waals surface area contributed by atoms with Crippen molar-refractivity contribution < 1.29 is 4.79 Å². The first-order valence-corrected chi connectivity index (χ1v) is 8.82. The number of amides is 2. The number of rotatable bonds is 5. The lowest BCUT2D eigenvalue weighted by Gasteiger charge is -2.18. The van der Waals surface area contributed by atoms with Crippen molar-refractivity contribution >= 4 is 6.03 Å². The van der Waals surface area contributed by atoms with Crippen LogP contribution in [0.4, 0.5) is 4.79 Å². The minimum atomic E-state index is -0.112. The molecule has 25 heavy (non-hydrogen) atoms. The normalized spacial score (nSPS) is 20.4. The van der Waals surface area contributed by atoms with Crippen LogP contribution in [0.3, 0.4) is 0 Å². The van der Waals surface area contributed by atoms with Crippen LogP contribution in [0.5, 0.6) is 0 Å². The van der Waals surface area contributed by atoms with E-state index in [1.54, 1.807) is 6.20 Å². The maximum Gasteiger partial charge on any atom is 0.315 e. The first-order valence-electron chi connectivity index (χ1n) is 8.82. The van der Waals surface area contributed by atoms with Gasteiger partial charge in [-0.15, -0.1) is 0 Å². The first-order chi connectivity index (χ1) is 12.1. The number of nitrogens with zero attached hydrogens (tertiary/aromatic N) is 2. The van der Waals surface area contributed by atoms with E-state index in [9.17, 15) is 4.79 Å². The number of pyridine rings is 1. The molecule has 0 aliphatic carbocycles. The van der Waals surface area contributed by atoms with Gasteiger partial charge in [0, 0.05) is 44.1 Å². The number of nitrogens with one attached hydrogen (secondary N) is 2. The number of hydrogen-bond donors (Lipinski definition) is 2. The number of carbonyl (C=O) groups is 1. The van der Waals surface area contributed by atoms with Gasteiger partial charge in [-0.2, -0.15) is 0 Å². The molecule has 0 bridgehead atoms. The summed E-state index contributed by atoms with van der Waals surface area (Å²) in [5.74, 6) is 0.440. The number of likely N-dealkylation sites (tertiary alicyclic amines) is 1. The van der Waals surface area contributed by atoms with Crippen molar-refractivity contribution in [3.63, 3.8) is 0 Å². The largest absolute Gasteiger partial charge is 0.334 e. The van der Waals surface area contributed by atoms with Gasteiger partial charge in [-0.3, -0.25) is 9.88 Å². The molecule has 132 valence electrons. The molecule has 5 heteroatoms. The average molecular weight is 338 g/mol. The zero-order chi connectivity index (χ0) is 17.6. The highest BCUT2D eigenvalue weighted by molar-refractivity contribution is 5.74. The Morgan fingerprint density at radius 2 is 1.96 bits per heavy atom. The Hall–Kier alpha value is -2.40. The van der Waals surface area contributed by atoms with Gasteiger partial charge in [-0.1, -0.05) is 43.3 Å². The zero-order valence-corrected chi connectivity index (χ0v) is 14.9. The van der Waals surface area contributed by atoms with E-state index in [2.05, 4.69) is 51.7 Å². The minimum absolute atomic E-state index is 0.112. The number of benzene rings is 1. The molecule has 1 aliphatic heterocycles. The van der Waals surface area contributed by atoms with Gasteiger partial charge < -0.3 is 10.6 Å². The Kier molecular flexibility index (Phi) is 5.66. The summed E-state index contributed by atoms with van der Waals surface area (Å²) >= 11 is 0. The molecule has 0 saturated carbocycles. The first kappa shape index (κ1) is 17.4. The topological polar surface area (TPSA) is 57.3 Å². The van der Waals surface area contributed by atoms with Crippen LogP contribution < -0.4 is 10.6 Å². The molecule has 1 fully saturated rings. The van der Waals surface area contributed by atoms with Gasteiger partial charge in [0.15, 0.2) is 0 Å². The van der Waals surface area contributed by atoms with E-state index in [4.69, 9.17) is 0 Å². The fourth-order valence-electron chi connectivity index (χ4n) is 3.23. The highest BCUT2D eigenvalue weighted by Crippen LogP contribution is 2.18. The fraction of sp³-hybridized carbons (Fsp3) is 0.400. The smallest absolute Gasteiger partial charge is 0.315 e. The van der Waals surface area contributed by atoms with Crippen LogP contribution in [0, 0.1) is 12.8 Å². The zero-order valence-electron chi connectivity index (χ0n) is 14.9. The van der Waals surface area contributed by atoms with E-state index in [0.29, 0.717) is 12.5 Å². The third-order valence-corrected chi connectivity index (χ3v) is 4.68. The molecule has 1 aromatic carbocycles. The molecule has 5 nitrogen and oxygen atoms in total. The third-order valence-electron chi connectivity index (χ3n) is 4.68. The standard InChI is InChI=1S/C20H26N4O/c1-15-12-24(13-17-6-4-3-5-7-17)14-19(15)23-20(25)22-11-18-9-8-16(2)21-10-18/h3-10,15,19H,11-14H2,1-2H3,(H2,22,23,25)/t15-,19+/m1/s1. The van der Waals surface area contributed by atoms with Crippen LogP contribution in [0.2, 0.25) is 0 Å². The second-order valence-electron chi connectivity index (χ2n) is 6.90. The molecule has 0 unspecified atom stereocenters. The van der Waals surface area contributed by atoms with Gasteiger partial charge in [0.05, 0.1) is 0 Å². The molecular formula is C20H26N4O. The van der Waals surface area contributed by atoms with Gasteiger partial charge in [0.2, 0.25) is 0 Å². The van der Waals surface area contributed by atoms with E-state index < -0.39 is 0 Å². The van der Waals surface area contributed by atoms with Crippen molar-refractivity contribution in [1.29, 1.82) is 0 Å². The predicted octanol–water partition coefficient (Wildman–Crippen LogP) is 2.71. The van der Waals surface area contributed by atoms with Crippen molar-refractivity contribution in [1.82, 2.24) is 20.5 Å². The fourth-order valence-corrected chi connectivity index (χ4v) is 3.23. The third kappa shape index (κ3) is 5.03. The summed E-state index contributed by atoms with van der Waals surface area (Å²) in [6.45, 7) is 7.46. The number of urea groups is 1. The van der Waals surface area contributed by atoms with Crippen LogP contribution in [0.15, 0.2) is 48.7 Å². The molecule has 2 heterocycles. The second-order valence-corrected chi connectivity index (χ2v) is 6.90. The highest BCUT2D eigenvalue weighted by Gasteiger charge is 2.30. The summed E-state index contributed by atoms with van der Waals surface area (Å²) < 4.78 is 0. The molecule has 1 aliphatic rings. The van der Waals surface area contributed by atoms with E-state index in [-0.39, 0.29) is 12.1 Å². The summed E-state index contributed by atoms with van der Waals surface area (Å²) in [4.78, 5) is 18.8. The van der Waals surface area contributed by atoms with E-state index in [0.717, 1.165) is 30.9 Å². The molecular weight excluding hydrogens is 312 g/mol. The number of hydrogen-bond acceptors (Lipinski definition) is 3. The van der Waals surface area contributed by atoms with Crippen LogP contribution >= 0.6 is 0 Å². The van der Waals surface area contributed by atoms with Crippen LogP contribution in [0.1, 0.15) is 23.7 Å². The molecule has 0 spiro atoms. The molecule has 2 aromatic rings. The lowest BCUT2D eigenvalue weighted by atomic mass is 10.1. The summed E-state index contributed by atoms with van der Waals surface area (Å²) in [6.07, 6.45) is 1.80. The summed E-state index contributed by atoms with van der Waals surface area (Å²) in [5.41, 5.74) is 3.30. The second kappa shape index (κ2) is 8.12. The molecule has 2 amide bonds. The van der Waals surface area contributed by atoms with Crippen molar-refractivity contribution in [3.05, 3.63) is 65.5 Å². The van der Waals surface area contributed by atoms with Crippen LogP contribution in [-0.4, -0.2) is 35.0 Å². The van der Waals surface area contributed by atoms with E-state index in [1.807, 2.05) is 25.1 Å². The highest BCUT2D eigenvalue weighted by atomic mass is 16.2. The monoisotopic (exact) mass is 338 g/mol. The Morgan fingerprint density at radius 1 is 1.16 bits per heavy atom. The van der Waals surface area contributed by atoms with E-state index >= 15 is 0 Å². The van der Waals surface area contributed by atoms with Crippen molar-refractivity contribution in [3.8, 4) is 0 Å². The molecule has 1 aromatic heterocycles. The van der Waals surface area contributed by atoms with Crippen LogP contribution in [0.25, 0.3) is 0 Å². The molecule has 0 radical (unpaired) electrons. The predicted molar refractivity (Wildman–Crippen MR) is 99.0 cm³/mol. The number of aryl methyl sites for hydroxylation is 1. The summed E-state index contributed by atoms with van der Waals surface area (Å²) in [6, 6.07) is 14.5. The molecule has 3 rings (SSSR count). The lowest BCUT2D eigenvalue weighted by Crippen LogP contribution is -2.45. The maximum atomic E-state index is 12.2. The number of carbonyl (C=O) groups excluding carboxylic acids is 1. The summed E-state index contributed by atoms with van der Waals surface area (Å²) in [5, 5.41) is 6.04. The lowest BCUT2D eigenvalue weighted by molar-refractivity contribution is 0.234. The minimum Gasteiger partial charge on any atom is -0.334 e.